The standard InChI is InChI=1S/C16H10Cl2FN3O/c17-10-3-1-2-9(6-10)14-8-15(22-21-14)16(23)20-13-5-4-11(19)7-12(13)18/h1-8H,(H,20,23)(H,21,22). The lowest BCUT2D eigenvalue weighted by molar-refractivity contribution is 0.102. The number of nitrogens with one attached hydrogen (secondary N) is 2. The van der Waals surface area contributed by atoms with Crippen molar-refractivity contribution >= 4 is 34.8 Å². The summed E-state index contributed by atoms with van der Waals surface area (Å²) in [5.41, 5.74) is 1.94. The maximum absolute atomic E-state index is 13.0. The molecule has 0 aliphatic heterocycles. The second-order valence-corrected chi connectivity index (χ2v) is 5.60. The van der Waals surface area contributed by atoms with Gasteiger partial charge in [0, 0.05) is 10.6 Å². The number of H-pyrrole nitrogens is 1. The molecule has 0 bridgehead atoms. The summed E-state index contributed by atoms with van der Waals surface area (Å²) < 4.78 is 13.0. The van der Waals surface area contributed by atoms with Gasteiger partial charge in [-0.05, 0) is 36.4 Å². The maximum atomic E-state index is 13.0. The van der Waals surface area contributed by atoms with E-state index in [4.69, 9.17) is 23.2 Å². The Hall–Kier alpha value is -2.37. The molecule has 0 spiro atoms. The Bertz CT molecular complexity index is 879. The van der Waals surface area contributed by atoms with Crippen molar-refractivity contribution < 1.29 is 9.18 Å². The van der Waals surface area contributed by atoms with Crippen LogP contribution in [0.4, 0.5) is 10.1 Å². The van der Waals surface area contributed by atoms with Crippen molar-refractivity contribution in [2.45, 2.75) is 0 Å². The van der Waals surface area contributed by atoms with Gasteiger partial charge < -0.3 is 5.32 Å². The van der Waals surface area contributed by atoms with Crippen molar-refractivity contribution in [2.24, 2.45) is 0 Å². The minimum atomic E-state index is -0.474. The van der Waals surface area contributed by atoms with E-state index in [0.29, 0.717) is 16.4 Å². The number of carbonyl (C=O) groups excluding carboxylic acids is 1. The lowest BCUT2D eigenvalue weighted by atomic mass is 10.1. The van der Waals surface area contributed by atoms with Crippen LogP contribution in [0.1, 0.15) is 10.5 Å². The van der Waals surface area contributed by atoms with Gasteiger partial charge in [-0.3, -0.25) is 9.89 Å². The quantitative estimate of drug-likeness (QED) is 0.715. The maximum Gasteiger partial charge on any atom is 0.273 e. The SMILES string of the molecule is O=C(Nc1ccc(F)cc1Cl)c1cc(-c2cccc(Cl)c2)n[nH]1. The molecule has 7 heteroatoms. The molecule has 0 atom stereocenters. The minimum Gasteiger partial charge on any atom is -0.319 e. The molecule has 1 aromatic heterocycles. The van der Waals surface area contributed by atoms with Crippen LogP contribution in [0.5, 0.6) is 0 Å². The molecule has 3 aromatic rings. The number of nitrogens with zero attached hydrogens (tertiary/aromatic N) is 1. The third-order valence-corrected chi connectivity index (χ3v) is 3.67. The zero-order valence-corrected chi connectivity index (χ0v) is 13.1. The fraction of sp³-hybridized carbons (Fsp3) is 0. The Morgan fingerprint density at radius 1 is 1.13 bits per heavy atom. The molecule has 1 amide bonds. The summed E-state index contributed by atoms with van der Waals surface area (Å²) in [7, 11) is 0. The average molecular weight is 350 g/mol. The van der Waals surface area contributed by atoms with Crippen LogP contribution < -0.4 is 5.32 Å². The molecular weight excluding hydrogens is 340 g/mol. The predicted octanol–water partition coefficient (Wildman–Crippen LogP) is 4.77. The van der Waals surface area contributed by atoms with Gasteiger partial charge in [-0.1, -0.05) is 35.3 Å². The van der Waals surface area contributed by atoms with E-state index in [1.165, 1.54) is 12.1 Å². The molecule has 4 nitrogen and oxygen atoms in total. The fourth-order valence-corrected chi connectivity index (χ4v) is 2.42. The summed E-state index contributed by atoms with van der Waals surface area (Å²) in [6.07, 6.45) is 0. The lowest BCUT2D eigenvalue weighted by Crippen LogP contribution is -2.12. The van der Waals surface area contributed by atoms with Crippen LogP contribution in [0.15, 0.2) is 48.5 Å². The van der Waals surface area contributed by atoms with E-state index in [0.717, 1.165) is 11.6 Å². The summed E-state index contributed by atoms with van der Waals surface area (Å²) in [4.78, 5) is 12.2. The molecule has 0 fully saturated rings. The van der Waals surface area contributed by atoms with Crippen molar-refractivity contribution in [1.82, 2.24) is 10.2 Å². The molecule has 0 aliphatic carbocycles. The second kappa shape index (κ2) is 6.40. The molecule has 2 aromatic carbocycles. The Kier molecular flexibility index (Phi) is 4.32. The fourth-order valence-electron chi connectivity index (χ4n) is 2.01. The third kappa shape index (κ3) is 3.52. The average Bonchev–Trinajstić information content (AvgIpc) is 3.00. The van der Waals surface area contributed by atoms with E-state index < -0.39 is 11.7 Å². The minimum absolute atomic E-state index is 0.118. The number of hydrogen-bond donors (Lipinski definition) is 2. The van der Waals surface area contributed by atoms with Gasteiger partial charge in [0.15, 0.2) is 0 Å². The van der Waals surface area contributed by atoms with Crippen molar-refractivity contribution in [1.29, 1.82) is 0 Å². The smallest absolute Gasteiger partial charge is 0.273 e. The lowest BCUT2D eigenvalue weighted by Gasteiger charge is -2.05. The van der Waals surface area contributed by atoms with Crippen molar-refractivity contribution in [3.63, 3.8) is 0 Å². The topological polar surface area (TPSA) is 57.8 Å². The number of carbonyl (C=O) groups is 1. The first-order valence-corrected chi connectivity index (χ1v) is 7.36. The third-order valence-electron chi connectivity index (χ3n) is 3.12. The Balaban J connectivity index is 1.81. The largest absolute Gasteiger partial charge is 0.319 e. The zero-order valence-electron chi connectivity index (χ0n) is 11.6. The molecule has 0 saturated carbocycles. The van der Waals surface area contributed by atoms with E-state index in [-0.39, 0.29) is 10.7 Å². The van der Waals surface area contributed by atoms with E-state index in [9.17, 15) is 9.18 Å². The van der Waals surface area contributed by atoms with Crippen LogP contribution in [0.2, 0.25) is 10.0 Å². The summed E-state index contributed by atoms with van der Waals surface area (Å²) in [6.45, 7) is 0. The van der Waals surface area contributed by atoms with Crippen molar-refractivity contribution in [3.05, 3.63) is 70.1 Å². The number of halogens is 3. The molecule has 0 unspecified atom stereocenters. The monoisotopic (exact) mass is 349 g/mol. The van der Waals surface area contributed by atoms with Gasteiger partial charge in [0.25, 0.3) is 5.91 Å². The Labute approximate surface area is 141 Å². The van der Waals surface area contributed by atoms with E-state index in [1.807, 2.05) is 6.07 Å². The zero-order chi connectivity index (χ0) is 16.4. The highest BCUT2D eigenvalue weighted by Gasteiger charge is 2.13. The number of benzene rings is 2. The highest BCUT2D eigenvalue weighted by Crippen LogP contribution is 2.24. The molecule has 23 heavy (non-hydrogen) atoms. The highest BCUT2D eigenvalue weighted by atomic mass is 35.5. The van der Waals surface area contributed by atoms with E-state index in [1.54, 1.807) is 24.3 Å². The Morgan fingerprint density at radius 2 is 1.96 bits per heavy atom. The van der Waals surface area contributed by atoms with Crippen molar-refractivity contribution in [2.75, 3.05) is 5.32 Å². The molecule has 1 heterocycles. The van der Waals surface area contributed by atoms with Crippen LogP contribution in [-0.2, 0) is 0 Å². The first-order chi connectivity index (χ1) is 11.0. The summed E-state index contributed by atoms with van der Waals surface area (Å²) in [6, 6.07) is 12.5. The van der Waals surface area contributed by atoms with Crippen molar-refractivity contribution in [3.8, 4) is 11.3 Å². The van der Waals surface area contributed by atoms with Crippen LogP contribution in [0.3, 0.4) is 0 Å². The molecule has 3 rings (SSSR count). The molecule has 0 radical (unpaired) electrons. The first kappa shape index (κ1) is 15.5. The summed E-state index contributed by atoms with van der Waals surface area (Å²) in [5, 5.41) is 10.0. The van der Waals surface area contributed by atoms with Crippen LogP contribution in [0, 0.1) is 5.82 Å². The number of anilines is 1. The second-order valence-electron chi connectivity index (χ2n) is 4.76. The van der Waals surface area contributed by atoms with Gasteiger partial charge in [-0.2, -0.15) is 5.10 Å². The molecule has 2 N–H and O–H groups in total. The normalized spacial score (nSPS) is 10.6. The first-order valence-electron chi connectivity index (χ1n) is 6.61. The molecular formula is C16H10Cl2FN3O. The van der Waals surface area contributed by atoms with Crippen LogP contribution >= 0.6 is 23.2 Å². The van der Waals surface area contributed by atoms with Gasteiger partial charge in [0.05, 0.1) is 16.4 Å². The van der Waals surface area contributed by atoms with Gasteiger partial charge in [0.2, 0.25) is 0 Å². The van der Waals surface area contributed by atoms with E-state index >= 15 is 0 Å². The summed E-state index contributed by atoms with van der Waals surface area (Å²) in [5.74, 6) is -0.905. The number of aromatic nitrogens is 2. The molecule has 0 aliphatic rings. The number of hydrogen-bond acceptors (Lipinski definition) is 2. The Morgan fingerprint density at radius 3 is 2.70 bits per heavy atom. The van der Waals surface area contributed by atoms with Crippen LogP contribution in [0.25, 0.3) is 11.3 Å². The van der Waals surface area contributed by atoms with Gasteiger partial charge in [-0.25, -0.2) is 4.39 Å². The van der Waals surface area contributed by atoms with E-state index in [2.05, 4.69) is 15.5 Å². The van der Waals surface area contributed by atoms with Gasteiger partial charge >= 0.3 is 0 Å². The molecule has 116 valence electrons. The predicted molar refractivity (Wildman–Crippen MR) is 88.4 cm³/mol. The highest BCUT2D eigenvalue weighted by molar-refractivity contribution is 6.34. The number of rotatable bonds is 3. The van der Waals surface area contributed by atoms with Gasteiger partial charge in [0.1, 0.15) is 11.5 Å². The summed E-state index contributed by atoms with van der Waals surface area (Å²) >= 11 is 11.8. The number of amides is 1. The molecule has 0 saturated heterocycles. The number of aromatic amines is 1. The van der Waals surface area contributed by atoms with Crippen LogP contribution in [-0.4, -0.2) is 16.1 Å². The van der Waals surface area contributed by atoms with Gasteiger partial charge in [-0.15, -0.1) is 0 Å².